The first-order valence-corrected chi connectivity index (χ1v) is 8.62. The average Bonchev–Trinajstić information content (AvgIpc) is 2.75. The predicted molar refractivity (Wildman–Crippen MR) is 107 cm³/mol. The highest BCUT2D eigenvalue weighted by atomic mass is 16.5. The standard InChI is InChI=1S/C21H17N5O3/c1-14-18(12-22)21(28)26(16-8-4-3-5-9-16)25-19(14)20(27)24-23-13-15-7-6-10-17(11-15)29-2/h3-11,13H,1-2H3,(H,24,27)/b23-13-. The van der Waals surface area contributed by atoms with Crippen molar-refractivity contribution in [3.05, 3.63) is 87.3 Å². The van der Waals surface area contributed by atoms with Gasteiger partial charge in [-0.15, -0.1) is 0 Å². The topological polar surface area (TPSA) is 109 Å². The zero-order chi connectivity index (χ0) is 20.8. The van der Waals surface area contributed by atoms with Gasteiger partial charge in [-0.1, -0.05) is 30.3 Å². The van der Waals surface area contributed by atoms with Crippen LogP contribution in [0.3, 0.4) is 0 Å². The maximum Gasteiger partial charge on any atom is 0.292 e. The van der Waals surface area contributed by atoms with Crippen LogP contribution in [0.15, 0.2) is 64.5 Å². The van der Waals surface area contributed by atoms with Crippen molar-refractivity contribution >= 4 is 12.1 Å². The summed E-state index contributed by atoms with van der Waals surface area (Å²) in [4.78, 5) is 25.2. The first kappa shape index (κ1) is 19.5. The summed E-state index contributed by atoms with van der Waals surface area (Å²) < 4.78 is 6.17. The molecule has 144 valence electrons. The van der Waals surface area contributed by atoms with Gasteiger partial charge in [0.25, 0.3) is 11.5 Å². The molecule has 3 aromatic rings. The fourth-order valence-electron chi connectivity index (χ4n) is 2.64. The Labute approximate surface area is 166 Å². The van der Waals surface area contributed by atoms with Gasteiger partial charge in [-0.25, -0.2) is 5.43 Å². The minimum Gasteiger partial charge on any atom is -0.497 e. The lowest BCUT2D eigenvalue weighted by molar-refractivity contribution is 0.0947. The summed E-state index contributed by atoms with van der Waals surface area (Å²) in [7, 11) is 1.56. The van der Waals surface area contributed by atoms with Crippen molar-refractivity contribution in [1.29, 1.82) is 5.26 Å². The number of rotatable bonds is 5. The Kier molecular flexibility index (Phi) is 5.80. The summed E-state index contributed by atoms with van der Waals surface area (Å²) in [6, 6.07) is 17.6. The van der Waals surface area contributed by atoms with E-state index in [0.29, 0.717) is 11.4 Å². The third kappa shape index (κ3) is 4.20. The van der Waals surface area contributed by atoms with Crippen LogP contribution < -0.4 is 15.7 Å². The molecule has 8 heteroatoms. The second-order valence-electron chi connectivity index (χ2n) is 5.99. The molecule has 0 spiro atoms. The van der Waals surface area contributed by atoms with Gasteiger partial charge >= 0.3 is 0 Å². The molecule has 0 radical (unpaired) electrons. The third-order valence-corrected chi connectivity index (χ3v) is 4.14. The molecule has 0 aliphatic rings. The summed E-state index contributed by atoms with van der Waals surface area (Å²) >= 11 is 0. The second kappa shape index (κ2) is 8.63. The number of benzene rings is 2. The van der Waals surface area contributed by atoms with Crippen LogP contribution in [0, 0.1) is 18.3 Å². The van der Waals surface area contributed by atoms with Crippen LogP contribution in [-0.4, -0.2) is 29.0 Å². The highest BCUT2D eigenvalue weighted by molar-refractivity contribution is 5.94. The molecule has 0 atom stereocenters. The average molecular weight is 387 g/mol. The van der Waals surface area contributed by atoms with Crippen LogP contribution in [-0.2, 0) is 0 Å². The van der Waals surface area contributed by atoms with Crippen molar-refractivity contribution in [2.75, 3.05) is 7.11 Å². The molecular weight excluding hydrogens is 370 g/mol. The molecule has 3 rings (SSSR count). The van der Waals surface area contributed by atoms with E-state index in [1.165, 1.54) is 13.1 Å². The first-order chi connectivity index (χ1) is 14.0. The largest absolute Gasteiger partial charge is 0.497 e. The van der Waals surface area contributed by atoms with E-state index >= 15 is 0 Å². The lowest BCUT2D eigenvalue weighted by Gasteiger charge is -2.10. The number of hydrazone groups is 1. The molecule has 1 N–H and O–H groups in total. The summed E-state index contributed by atoms with van der Waals surface area (Å²) in [6.07, 6.45) is 1.45. The summed E-state index contributed by atoms with van der Waals surface area (Å²) in [5.41, 5.74) is 2.94. The zero-order valence-electron chi connectivity index (χ0n) is 15.8. The van der Waals surface area contributed by atoms with Crippen LogP contribution in [0.25, 0.3) is 5.69 Å². The number of amides is 1. The number of nitrogens with zero attached hydrogens (tertiary/aromatic N) is 4. The van der Waals surface area contributed by atoms with Crippen molar-refractivity contribution in [1.82, 2.24) is 15.2 Å². The van der Waals surface area contributed by atoms with Gasteiger partial charge in [0, 0.05) is 5.56 Å². The van der Waals surface area contributed by atoms with Crippen molar-refractivity contribution < 1.29 is 9.53 Å². The summed E-state index contributed by atoms with van der Waals surface area (Å²) in [5, 5.41) is 17.5. The van der Waals surface area contributed by atoms with Crippen molar-refractivity contribution in [2.24, 2.45) is 5.10 Å². The van der Waals surface area contributed by atoms with E-state index in [-0.39, 0.29) is 16.8 Å². The Bertz CT molecular complexity index is 1180. The molecule has 0 bridgehead atoms. The molecule has 8 nitrogen and oxygen atoms in total. The first-order valence-electron chi connectivity index (χ1n) is 8.62. The van der Waals surface area contributed by atoms with Gasteiger partial charge in [0.05, 0.1) is 19.0 Å². The lowest BCUT2D eigenvalue weighted by Crippen LogP contribution is -2.31. The number of nitriles is 1. The molecule has 0 aliphatic heterocycles. The summed E-state index contributed by atoms with van der Waals surface area (Å²) in [5.74, 6) is 0.0224. The van der Waals surface area contributed by atoms with Crippen LogP contribution in [0.1, 0.15) is 27.2 Å². The minimum atomic E-state index is -0.636. The van der Waals surface area contributed by atoms with Gasteiger partial charge in [0.1, 0.15) is 17.4 Å². The lowest BCUT2D eigenvalue weighted by atomic mass is 10.1. The maximum absolute atomic E-state index is 12.6. The SMILES string of the molecule is COc1cccc(/C=N\NC(=O)c2nn(-c3ccccc3)c(=O)c(C#N)c2C)c1. The Morgan fingerprint density at radius 2 is 2.00 bits per heavy atom. The Hall–Kier alpha value is -4.25. The van der Waals surface area contributed by atoms with Crippen LogP contribution in [0.4, 0.5) is 0 Å². The molecular formula is C21H17N5O3. The minimum absolute atomic E-state index is 0.0622. The van der Waals surface area contributed by atoms with Gasteiger partial charge in [-0.3, -0.25) is 9.59 Å². The van der Waals surface area contributed by atoms with Gasteiger partial charge in [-0.05, 0) is 36.8 Å². The van der Waals surface area contributed by atoms with Crippen LogP contribution in [0.5, 0.6) is 5.75 Å². The fourth-order valence-corrected chi connectivity index (χ4v) is 2.64. The fraction of sp³-hybridized carbons (Fsp3) is 0.0952. The number of hydrogen-bond acceptors (Lipinski definition) is 6. The van der Waals surface area contributed by atoms with Crippen molar-refractivity contribution in [3.63, 3.8) is 0 Å². The third-order valence-electron chi connectivity index (χ3n) is 4.14. The van der Waals surface area contributed by atoms with Gasteiger partial charge in [0.15, 0.2) is 5.69 Å². The van der Waals surface area contributed by atoms with Crippen molar-refractivity contribution in [3.8, 4) is 17.5 Å². The number of hydrogen-bond donors (Lipinski definition) is 1. The van der Waals surface area contributed by atoms with Crippen LogP contribution in [0.2, 0.25) is 0 Å². The smallest absolute Gasteiger partial charge is 0.292 e. The molecule has 0 saturated heterocycles. The zero-order valence-corrected chi connectivity index (χ0v) is 15.8. The van der Waals surface area contributed by atoms with Crippen molar-refractivity contribution in [2.45, 2.75) is 6.92 Å². The monoisotopic (exact) mass is 387 g/mol. The number of para-hydroxylation sites is 1. The van der Waals surface area contributed by atoms with Crippen LogP contribution >= 0.6 is 0 Å². The molecule has 29 heavy (non-hydrogen) atoms. The number of nitrogens with one attached hydrogen (secondary N) is 1. The maximum atomic E-state index is 12.6. The second-order valence-corrected chi connectivity index (χ2v) is 5.99. The van der Waals surface area contributed by atoms with E-state index in [1.807, 2.05) is 6.07 Å². The van der Waals surface area contributed by atoms with E-state index in [9.17, 15) is 14.9 Å². The molecule has 0 unspecified atom stereocenters. The molecule has 0 aliphatic carbocycles. The molecule has 1 heterocycles. The molecule has 2 aromatic carbocycles. The number of carbonyl (C=O) groups excluding carboxylic acids is 1. The number of aromatic nitrogens is 2. The molecule has 0 fully saturated rings. The molecule has 1 amide bonds. The van der Waals surface area contributed by atoms with E-state index in [4.69, 9.17) is 4.74 Å². The van der Waals surface area contributed by atoms with Gasteiger partial charge in [-0.2, -0.15) is 20.1 Å². The highest BCUT2D eigenvalue weighted by Gasteiger charge is 2.19. The Morgan fingerprint density at radius 1 is 1.24 bits per heavy atom. The Balaban J connectivity index is 1.93. The van der Waals surface area contributed by atoms with E-state index in [0.717, 1.165) is 10.2 Å². The Morgan fingerprint density at radius 3 is 2.69 bits per heavy atom. The highest BCUT2D eigenvalue weighted by Crippen LogP contribution is 2.12. The van der Waals surface area contributed by atoms with Gasteiger partial charge < -0.3 is 4.74 Å². The number of ether oxygens (including phenoxy) is 1. The van der Waals surface area contributed by atoms with E-state index in [1.54, 1.807) is 61.7 Å². The molecule has 0 saturated carbocycles. The predicted octanol–water partition coefficient (Wildman–Crippen LogP) is 2.19. The van der Waals surface area contributed by atoms with Gasteiger partial charge in [0.2, 0.25) is 0 Å². The summed E-state index contributed by atoms with van der Waals surface area (Å²) in [6.45, 7) is 1.50. The van der Waals surface area contributed by atoms with E-state index in [2.05, 4.69) is 15.6 Å². The number of carbonyl (C=O) groups is 1. The number of methoxy groups -OCH3 is 1. The van der Waals surface area contributed by atoms with E-state index < -0.39 is 11.5 Å². The molecule has 1 aromatic heterocycles. The normalized spacial score (nSPS) is 10.5. The quantitative estimate of drug-likeness (QED) is 0.533.